The number of carbonyl (C=O) groups excluding carboxylic acids is 2. The smallest absolute Gasteiger partial charge is 0.337 e. The van der Waals surface area contributed by atoms with Crippen LogP contribution in [-0.2, 0) is 19.6 Å². The number of hydrogen-bond acceptors (Lipinski definition) is 5. The van der Waals surface area contributed by atoms with Gasteiger partial charge in [0.2, 0.25) is 15.9 Å². The van der Waals surface area contributed by atoms with Crippen molar-refractivity contribution >= 4 is 39.2 Å². The lowest BCUT2D eigenvalue weighted by Gasteiger charge is -2.31. The van der Waals surface area contributed by atoms with Gasteiger partial charge in [0, 0.05) is 13.1 Å². The third-order valence-corrected chi connectivity index (χ3v) is 6.34. The summed E-state index contributed by atoms with van der Waals surface area (Å²) in [7, 11) is -2.06. The van der Waals surface area contributed by atoms with Gasteiger partial charge in [-0.25, -0.2) is 17.5 Å². The molecule has 1 aromatic carbocycles. The number of methoxy groups -OCH3 is 1. The number of ether oxygens (including phenoxy) is 1. The number of sulfonamides is 1. The highest BCUT2D eigenvalue weighted by Gasteiger charge is 2.31. The normalized spacial score (nSPS) is 18.6. The zero-order valence-corrected chi connectivity index (χ0v) is 15.7. The topological polar surface area (TPSA) is 92.8 Å². The number of rotatable bonds is 5. The summed E-state index contributed by atoms with van der Waals surface area (Å²) in [6.07, 6.45) is 1.21. The van der Waals surface area contributed by atoms with Crippen LogP contribution >= 0.6 is 11.6 Å². The fourth-order valence-electron chi connectivity index (χ4n) is 2.69. The minimum atomic E-state index is -3.32. The number of halogens is 1. The van der Waals surface area contributed by atoms with Crippen LogP contribution < -0.4 is 5.32 Å². The molecule has 1 amide bonds. The Hall–Kier alpha value is -1.64. The molecule has 0 radical (unpaired) electrons. The summed E-state index contributed by atoms with van der Waals surface area (Å²) < 4.78 is 30.0. The van der Waals surface area contributed by atoms with Crippen molar-refractivity contribution in [3.63, 3.8) is 0 Å². The van der Waals surface area contributed by atoms with Crippen LogP contribution in [0.3, 0.4) is 0 Å². The van der Waals surface area contributed by atoms with Crippen molar-refractivity contribution in [3.05, 3.63) is 28.8 Å². The first-order valence-corrected chi connectivity index (χ1v) is 9.93. The van der Waals surface area contributed by atoms with Crippen LogP contribution in [0.2, 0.25) is 5.02 Å². The average molecular weight is 389 g/mol. The second-order valence-electron chi connectivity index (χ2n) is 5.77. The summed E-state index contributed by atoms with van der Waals surface area (Å²) in [4.78, 5) is 24.1. The third-order valence-electron chi connectivity index (χ3n) is 4.16. The molecule has 9 heteroatoms. The predicted molar refractivity (Wildman–Crippen MR) is 95.2 cm³/mol. The summed E-state index contributed by atoms with van der Waals surface area (Å²) >= 11 is 6.08. The van der Waals surface area contributed by atoms with Gasteiger partial charge in [-0.15, -0.1) is 0 Å². The zero-order valence-electron chi connectivity index (χ0n) is 14.1. The highest BCUT2D eigenvalue weighted by Crippen LogP contribution is 2.26. The Morgan fingerprint density at radius 2 is 2.12 bits per heavy atom. The van der Waals surface area contributed by atoms with Crippen LogP contribution in [0.5, 0.6) is 0 Å². The van der Waals surface area contributed by atoms with Crippen molar-refractivity contribution in [2.45, 2.75) is 19.8 Å². The molecule has 0 bridgehead atoms. The fraction of sp³-hybridized carbons (Fsp3) is 0.500. The molecule has 0 saturated carbocycles. The number of esters is 1. The Morgan fingerprint density at radius 1 is 1.40 bits per heavy atom. The van der Waals surface area contributed by atoms with E-state index in [9.17, 15) is 18.0 Å². The molecule has 0 spiro atoms. The van der Waals surface area contributed by atoms with Gasteiger partial charge in [-0.1, -0.05) is 11.6 Å². The van der Waals surface area contributed by atoms with Gasteiger partial charge in [0.15, 0.2) is 0 Å². The van der Waals surface area contributed by atoms with Gasteiger partial charge >= 0.3 is 5.97 Å². The second kappa shape index (κ2) is 8.16. The molecule has 1 fully saturated rings. The van der Waals surface area contributed by atoms with E-state index in [2.05, 4.69) is 10.1 Å². The number of anilines is 1. The number of carbonyl (C=O) groups is 2. The van der Waals surface area contributed by atoms with Gasteiger partial charge in [-0.05, 0) is 38.0 Å². The lowest BCUT2D eigenvalue weighted by molar-refractivity contribution is -0.120. The monoisotopic (exact) mass is 388 g/mol. The summed E-state index contributed by atoms with van der Waals surface area (Å²) in [5.74, 6) is -1.31. The van der Waals surface area contributed by atoms with Gasteiger partial charge in [-0.2, -0.15) is 0 Å². The van der Waals surface area contributed by atoms with Crippen LogP contribution in [-0.4, -0.2) is 50.6 Å². The van der Waals surface area contributed by atoms with E-state index in [1.54, 1.807) is 6.92 Å². The van der Waals surface area contributed by atoms with E-state index in [0.717, 1.165) is 0 Å². The van der Waals surface area contributed by atoms with Crippen molar-refractivity contribution in [2.24, 2.45) is 5.92 Å². The quantitative estimate of drug-likeness (QED) is 0.780. The van der Waals surface area contributed by atoms with E-state index in [1.807, 2.05) is 0 Å². The Kier molecular flexibility index (Phi) is 6.42. The molecule has 0 unspecified atom stereocenters. The van der Waals surface area contributed by atoms with E-state index in [4.69, 9.17) is 11.6 Å². The number of nitrogens with zero attached hydrogens (tertiary/aromatic N) is 1. The maximum absolute atomic E-state index is 12.5. The molecule has 2 rings (SSSR count). The Morgan fingerprint density at radius 3 is 2.76 bits per heavy atom. The number of piperidine rings is 1. The van der Waals surface area contributed by atoms with Gasteiger partial charge < -0.3 is 10.1 Å². The fourth-order valence-corrected chi connectivity index (χ4v) is 4.04. The van der Waals surface area contributed by atoms with E-state index in [-0.39, 0.29) is 28.8 Å². The first kappa shape index (κ1) is 19.7. The molecule has 25 heavy (non-hydrogen) atoms. The molecule has 1 heterocycles. The molecule has 1 aromatic rings. The molecule has 1 saturated heterocycles. The van der Waals surface area contributed by atoms with Gasteiger partial charge in [0.05, 0.1) is 35.1 Å². The van der Waals surface area contributed by atoms with Crippen molar-refractivity contribution in [1.82, 2.24) is 4.31 Å². The summed E-state index contributed by atoms with van der Waals surface area (Å²) in [5.41, 5.74) is 0.561. The number of amides is 1. The zero-order chi connectivity index (χ0) is 18.6. The molecule has 1 atom stereocenters. The van der Waals surface area contributed by atoms with E-state index in [1.165, 1.54) is 29.6 Å². The Labute approximate surface area is 152 Å². The molecule has 138 valence electrons. The maximum Gasteiger partial charge on any atom is 0.337 e. The molecule has 7 nitrogen and oxygen atoms in total. The molecule has 0 aromatic heterocycles. The Bertz CT molecular complexity index is 766. The van der Waals surface area contributed by atoms with Gasteiger partial charge in [-0.3, -0.25) is 4.79 Å². The van der Waals surface area contributed by atoms with Crippen LogP contribution in [0.1, 0.15) is 30.1 Å². The number of hydrogen-bond donors (Lipinski definition) is 1. The lowest BCUT2D eigenvalue weighted by atomic mass is 9.98. The van der Waals surface area contributed by atoms with Crippen LogP contribution in [0.25, 0.3) is 0 Å². The minimum absolute atomic E-state index is 0.00828. The number of benzene rings is 1. The maximum atomic E-state index is 12.5. The summed E-state index contributed by atoms with van der Waals surface area (Å²) in [6.45, 7) is 2.16. The molecule has 1 aliphatic rings. The molecule has 0 aliphatic carbocycles. The largest absolute Gasteiger partial charge is 0.465 e. The van der Waals surface area contributed by atoms with Crippen molar-refractivity contribution in [1.29, 1.82) is 0 Å². The highest BCUT2D eigenvalue weighted by atomic mass is 35.5. The second-order valence-corrected chi connectivity index (χ2v) is 8.44. The molecule has 1 aliphatic heterocycles. The van der Waals surface area contributed by atoms with Crippen LogP contribution in [0, 0.1) is 5.92 Å². The SMILES string of the molecule is CCS(=O)(=O)N1CCC[C@@H](C(=O)Nc2cc(C(=O)OC)ccc2Cl)C1. The highest BCUT2D eigenvalue weighted by molar-refractivity contribution is 7.89. The number of nitrogens with one attached hydrogen (secondary N) is 1. The van der Waals surface area contributed by atoms with Crippen LogP contribution in [0.4, 0.5) is 5.69 Å². The summed E-state index contributed by atoms with van der Waals surface area (Å²) in [6, 6.07) is 4.44. The van der Waals surface area contributed by atoms with Crippen LogP contribution in [0.15, 0.2) is 18.2 Å². The van der Waals surface area contributed by atoms with E-state index in [0.29, 0.717) is 25.1 Å². The molecule has 1 N–H and O–H groups in total. The molecular formula is C16H21ClN2O5S. The first-order chi connectivity index (χ1) is 11.8. The van der Waals surface area contributed by atoms with Gasteiger partial charge in [0.25, 0.3) is 0 Å². The van der Waals surface area contributed by atoms with Crippen molar-refractivity contribution < 1.29 is 22.7 Å². The minimum Gasteiger partial charge on any atom is -0.465 e. The lowest BCUT2D eigenvalue weighted by Crippen LogP contribution is -2.44. The predicted octanol–water partition coefficient (Wildman–Crippen LogP) is 2.13. The Balaban J connectivity index is 2.13. The van der Waals surface area contributed by atoms with E-state index >= 15 is 0 Å². The standard InChI is InChI=1S/C16H21ClN2O5S/c1-3-25(22,23)19-8-4-5-12(10-19)15(20)18-14-9-11(16(21)24-2)6-7-13(14)17/h6-7,9,12H,3-5,8,10H2,1-2H3,(H,18,20)/t12-/m1/s1. The van der Waals surface area contributed by atoms with E-state index < -0.39 is 21.9 Å². The summed E-state index contributed by atoms with van der Waals surface area (Å²) in [5, 5.41) is 2.98. The average Bonchev–Trinajstić information content (AvgIpc) is 2.62. The third kappa shape index (κ3) is 4.71. The van der Waals surface area contributed by atoms with Crippen molar-refractivity contribution in [3.8, 4) is 0 Å². The first-order valence-electron chi connectivity index (χ1n) is 7.95. The molecular weight excluding hydrogens is 368 g/mol. The van der Waals surface area contributed by atoms with Gasteiger partial charge in [0.1, 0.15) is 0 Å². The van der Waals surface area contributed by atoms with Crippen molar-refractivity contribution in [2.75, 3.05) is 31.3 Å².